The van der Waals surface area contributed by atoms with Gasteiger partial charge in [0.1, 0.15) is 18.1 Å². The predicted molar refractivity (Wildman–Crippen MR) is 35.5 cm³/mol. The smallest absolute Gasteiger partial charge is 0.130 e. The molecule has 2 heterocycles. The van der Waals surface area contributed by atoms with E-state index in [1.54, 1.807) is 6.20 Å². The van der Waals surface area contributed by atoms with E-state index in [1.165, 1.54) is 11.2 Å². The summed E-state index contributed by atoms with van der Waals surface area (Å²) in [6, 6.07) is 0. The summed E-state index contributed by atoms with van der Waals surface area (Å²) in [6.45, 7) is 0.236. The molecule has 11 heavy (non-hydrogen) atoms. The van der Waals surface area contributed by atoms with Crippen LogP contribution in [0.3, 0.4) is 0 Å². The van der Waals surface area contributed by atoms with Gasteiger partial charge in [-0.2, -0.15) is 5.11 Å². The first-order valence-electron chi connectivity index (χ1n) is 3.08. The SMILES string of the molecule is NN1C=C2N=NC=C2N(O)C1. The lowest BCUT2D eigenvalue weighted by Gasteiger charge is -2.27. The molecule has 0 saturated carbocycles. The third-order valence-electron chi connectivity index (χ3n) is 1.47. The van der Waals surface area contributed by atoms with Crippen molar-refractivity contribution in [3.8, 4) is 0 Å². The van der Waals surface area contributed by atoms with Gasteiger partial charge in [-0.25, -0.2) is 10.9 Å². The molecule has 0 atom stereocenters. The van der Waals surface area contributed by atoms with Crippen LogP contribution in [0.1, 0.15) is 0 Å². The Labute approximate surface area is 62.8 Å². The normalized spacial score (nSPS) is 21.6. The predicted octanol–water partition coefficient (Wildman–Crippen LogP) is -0.0270. The fourth-order valence-corrected chi connectivity index (χ4v) is 0.983. The summed E-state index contributed by atoms with van der Waals surface area (Å²) >= 11 is 0. The molecular formula is C5H7N5O. The zero-order valence-electron chi connectivity index (χ0n) is 5.68. The molecular weight excluding hydrogens is 146 g/mol. The van der Waals surface area contributed by atoms with Crippen molar-refractivity contribution < 1.29 is 5.21 Å². The van der Waals surface area contributed by atoms with Crippen LogP contribution in [-0.2, 0) is 0 Å². The molecule has 0 fully saturated rings. The Balaban J connectivity index is 2.37. The van der Waals surface area contributed by atoms with Gasteiger partial charge in [0.15, 0.2) is 0 Å². The van der Waals surface area contributed by atoms with Crippen LogP contribution in [0.25, 0.3) is 0 Å². The van der Waals surface area contributed by atoms with Gasteiger partial charge < -0.3 is 0 Å². The molecule has 0 saturated heterocycles. The molecule has 58 valence electrons. The van der Waals surface area contributed by atoms with Crippen molar-refractivity contribution in [3.63, 3.8) is 0 Å². The van der Waals surface area contributed by atoms with E-state index in [1.807, 2.05) is 0 Å². The average molecular weight is 153 g/mol. The molecule has 0 aliphatic carbocycles. The first kappa shape index (κ1) is 6.32. The van der Waals surface area contributed by atoms with Crippen LogP contribution in [0.5, 0.6) is 0 Å². The molecule has 0 unspecified atom stereocenters. The Hall–Kier alpha value is -1.40. The summed E-state index contributed by atoms with van der Waals surface area (Å²) in [5.41, 5.74) is 1.17. The summed E-state index contributed by atoms with van der Waals surface area (Å²) in [6.07, 6.45) is 3.11. The maximum atomic E-state index is 9.23. The van der Waals surface area contributed by atoms with Crippen molar-refractivity contribution in [2.45, 2.75) is 0 Å². The van der Waals surface area contributed by atoms with Crippen LogP contribution in [0.2, 0.25) is 0 Å². The topological polar surface area (TPSA) is 77.5 Å². The number of azo groups is 1. The summed E-state index contributed by atoms with van der Waals surface area (Å²) in [5, 5.41) is 18.9. The highest BCUT2D eigenvalue weighted by Crippen LogP contribution is 2.24. The second-order valence-corrected chi connectivity index (χ2v) is 2.30. The van der Waals surface area contributed by atoms with E-state index < -0.39 is 0 Å². The third-order valence-corrected chi connectivity index (χ3v) is 1.47. The zero-order chi connectivity index (χ0) is 7.84. The lowest BCUT2D eigenvalue weighted by molar-refractivity contribution is -0.0881. The van der Waals surface area contributed by atoms with Gasteiger partial charge in [0.25, 0.3) is 0 Å². The molecule has 6 heteroatoms. The lowest BCUT2D eigenvalue weighted by atomic mass is 10.3. The highest BCUT2D eigenvalue weighted by atomic mass is 16.5. The van der Waals surface area contributed by atoms with E-state index in [-0.39, 0.29) is 6.67 Å². The molecule has 0 bridgehead atoms. The molecule has 0 radical (unpaired) electrons. The maximum absolute atomic E-state index is 9.23. The van der Waals surface area contributed by atoms with E-state index >= 15 is 0 Å². The third kappa shape index (κ3) is 0.883. The summed E-state index contributed by atoms with van der Waals surface area (Å²) in [5.74, 6) is 5.41. The summed E-state index contributed by atoms with van der Waals surface area (Å²) < 4.78 is 0. The Kier molecular flexibility index (Phi) is 1.17. The largest absolute Gasteiger partial charge is 0.294 e. The first-order chi connectivity index (χ1) is 5.27. The Bertz CT molecular complexity index is 268. The van der Waals surface area contributed by atoms with Crippen molar-refractivity contribution in [1.82, 2.24) is 10.1 Å². The highest BCUT2D eigenvalue weighted by Gasteiger charge is 2.22. The van der Waals surface area contributed by atoms with Crippen LogP contribution in [-0.4, -0.2) is 21.9 Å². The van der Waals surface area contributed by atoms with Crippen LogP contribution < -0.4 is 5.84 Å². The minimum atomic E-state index is 0.236. The standard InChI is InChI=1S/C5H7N5O/c6-9-2-4-5(1-7-8-4)10(11)3-9/h1-2,11H,3,6H2. The Morgan fingerprint density at radius 1 is 1.64 bits per heavy atom. The molecule has 2 aliphatic rings. The fourth-order valence-electron chi connectivity index (χ4n) is 0.983. The second kappa shape index (κ2) is 2.04. The first-order valence-corrected chi connectivity index (χ1v) is 3.08. The minimum absolute atomic E-state index is 0.236. The maximum Gasteiger partial charge on any atom is 0.130 e. The molecule has 0 spiro atoms. The van der Waals surface area contributed by atoms with Crippen molar-refractivity contribution >= 4 is 0 Å². The van der Waals surface area contributed by atoms with E-state index in [0.717, 1.165) is 5.06 Å². The fraction of sp³-hybridized carbons (Fsp3) is 0.200. The quantitative estimate of drug-likeness (QED) is 0.479. The molecule has 0 aromatic heterocycles. The van der Waals surface area contributed by atoms with Gasteiger partial charge in [-0.1, -0.05) is 0 Å². The van der Waals surface area contributed by atoms with Crippen LogP contribution >= 0.6 is 0 Å². The molecule has 2 aliphatic heterocycles. The lowest BCUT2D eigenvalue weighted by Crippen LogP contribution is -2.40. The Morgan fingerprint density at radius 2 is 2.45 bits per heavy atom. The molecule has 0 aromatic rings. The molecule has 0 aromatic carbocycles. The van der Waals surface area contributed by atoms with Gasteiger partial charge in [-0.15, -0.1) is 5.11 Å². The van der Waals surface area contributed by atoms with Crippen molar-refractivity contribution in [1.29, 1.82) is 0 Å². The number of fused-ring (bicyclic) bond motifs is 1. The number of hydrazine groups is 1. The van der Waals surface area contributed by atoms with Crippen LogP contribution in [0, 0.1) is 0 Å². The van der Waals surface area contributed by atoms with Crippen molar-refractivity contribution in [2.24, 2.45) is 16.1 Å². The summed E-state index contributed by atoms with van der Waals surface area (Å²) in [4.78, 5) is 0. The average Bonchev–Trinajstić information content (AvgIpc) is 2.34. The van der Waals surface area contributed by atoms with Crippen molar-refractivity contribution in [2.75, 3.05) is 6.67 Å². The van der Waals surface area contributed by atoms with Gasteiger partial charge in [0.2, 0.25) is 0 Å². The van der Waals surface area contributed by atoms with Gasteiger partial charge in [0, 0.05) is 6.20 Å². The van der Waals surface area contributed by atoms with E-state index in [9.17, 15) is 5.21 Å². The van der Waals surface area contributed by atoms with E-state index in [0.29, 0.717) is 11.4 Å². The number of hydroxylamine groups is 2. The van der Waals surface area contributed by atoms with Gasteiger partial charge in [-0.3, -0.25) is 10.2 Å². The highest BCUT2D eigenvalue weighted by molar-refractivity contribution is 5.31. The number of nitrogens with zero attached hydrogens (tertiary/aromatic N) is 4. The van der Waals surface area contributed by atoms with E-state index in [4.69, 9.17) is 5.84 Å². The number of hydrogen-bond donors (Lipinski definition) is 2. The monoisotopic (exact) mass is 153 g/mol. The van der Waals surface area contributed by atoms with Gasteiger partial charge in [0.05, 0.1) is 6.20 Å². The van der Waals surface area contributed by atoms with E-state index in [2.05, 4.69) is 10.2 Å². The number of rotatable bonds is 0. The molecule has 2 rings (SSSR count). The molecule has 0 amide bonds. The Morgan fingerprint density at radius 3 is 3.27 bits per heavy atom. The minimum Gasteiger partial charge on any atom is -0.294 e. The van der Waals surface area contributed by atoms with Crippen LogP contribution in [0.4, 0.5) is 0 Å². The number of hydrogen-bond acceptors (Lipinski definition) is 6. The second-order valence-electron chi connectivity index (χ2n) is 2.30. The van der Waals surface area contributed by atoms with Gasteiger partial charge >= 0.3 is 0 Å². The molecule has 6 nitrogen and oxygen atoms in total. The summed E-state index contributed by atoms with van der Waals surface area (Å²) in [7, 11) is 0. The van der Waals surface area contributed by atoms with Gasteiger partial charge in [-0.05, 0) is 0 Å². The zero-order valence-corrected chi connectivity index (χ0v) is 5.68. The molecule has 3 N–H and O–H groups in total. The van der Waals surface area contributed by atoms with Crippen LogP contribution in [0.15, 0.2) is 34.0 Å². The van der Waals surface area contributed by atoms with Crippen molar-refractivity contribution in [3.05, 3.63) is 23.8 Å². The number of nitrogens with two attached hydrogens (primary N) is 1.